The van der Waals surface area contributed by atoms with Gasteiger partial charge in [0.1, 0.15) is 6.04 Å². The Hall–Kier alpha value is -2.62. The van der Waals surface area contributed by atoms with E-state index in [1.807, 2.05) is 6.92 Å². The molecule has 1 aromatic carbocycles. The van der Waals surface area contributed by atoms with Crippen LogP contribution in [-0.2, 0) is 9.59 Å². The normalized spacial score (nSPS) is 23.2. The number of hydrogen-bond acceptors (Lipinski definition) is 7. The van der Waals surface area contributed by atoms with E-state index in [9.17, 15) is 14.4 Å². The summed E-state index contributed by atoms with van der Waals surface area (Å²) in [5, 5.41) is 0. The third kappa shape index (κ3) is 3.44. The fraction of sp³-hybridized carbons (Fsp3) is 0.500. The minimum absolute atomic E-state index is 0.0383. The van der Waals surface area contributed by atoms with E-state index in [2.05, 4.69) is 10.9 Å². The molecule has 2 N–H and O–H groups in total. The molecule has 0 aromatic heterocycles. The van der Waals surface area contributed by atoms with Crippen LogP contribution in [0.4, 0.5) is 0 Å². The number of methoxy groups -OCH3 is 3. The summed E-state index contributed by atoms with van der Waals surface area (Å²) in [5.41, 5.74) is 5.02. The summed E-state index contributed by atoms with van der Waals surface area (Å²) in [5.74, 6) is 0.492. The molecule has 1 aromatic rings. The van der Waals surface area contributed by atoms with Crippen molar-refractivity contribution in [2.75, 3.05) is 27.1 Å². The van der Waals surface area contributed by atoms with Gasteiger partial charge in [-0.1, -0.05) is 0 Å². The molecule has 3 amide bonds. The Labute approximate surface area is 167 Å². The summed E-state index contributed by atoms with van der Waals surface area (Å²) in [6.45, 7) is 1.96. The van der Waals surface area contributed by atoms with Gasteiger partial charge in [0.15, 0.2) is 11.5 Å². The number of thioether (sulfide) groups is 1. The predicted molar refractivity (Wildman–Crippen MR) is 102 cm³/mol. The highest BCUT2D eigenvalue weighted by Gasteiger charge is 2.52. The summed E-state index contributed by atoms with van der Waals surface area (Å²) in [6, 6.07) is 2.36. The van der Waals surface area contributed by atoms with E-state index in [-0.39, 0.29) is 16.3 Å². The van der Waals surface area contributed by atoms with E-state index in [0.29, 0.717) is 29.4 Å². The lowest BCUT2D eigenvalue weighted by Crippen LogP contribution is -2.54. The number of nitrogens with zero attached hydrogens (tertiary/aromatic N) is 1. The van der Waals surface area contributed by atoms with Crippen molar-refractivity contribution in [1.82, 2.24) is 15.8 Å². The first-order valence-corrected chi connectivity index (χ1v) is 9.69. The first kappa shape index (κ1) is 20.1. The SMILES string of the molecule is COc1cc(C(=O)NNC(=O)[C@H]2CS[C@@]3(C)CCC(=O)N23)cc(OC)c1OC. The highest BCUT2D eigenvalue weighted by Crippen LogP contribution is 2.47. The van der Waals surface area contributed by atoms with Gasteiger partial charge in [-0.25, -0.2) is 0 Å². The maximum absolute atomic E-state index is 12.6. The minimum atomic E-state index is -0.606. The smallest absolute Gasteiger partial charge is 0.269 e. The van der Waals surface area contributed by atoms with Crippen molar-refractivity contribution in [2.45, 2.75) is 30.7 Å². The molecule has 3 rings (SSSR count). The van der Waals surface area contributed by atoms with Gasteiger partial charge < -0.3 is 19.1 Å². The van der Waals surface area contributed by atoms with E-state index < -0.39 is 17.9 Å². The highest BCUT2D eigenvalue weighted by molar-refractivity contribution is 8.01. The van der Waals surface area contributed by atoms with Gasteiger partial charge in [-0.05, 0) is 25.5 Å². The van der Waals surface area contributed by atoms with Crippen LogP contribution in [-0.4, -0.2) is 60.6 Å². The molecule has 2 saturated heterocycles. The number of benzene rings is 1. The lowest BCUT2D eigenvalue weighted by molar-refractivity contribution is -0.138. The maximum Gasteiger partial charge on any atom is 0.269 e. The number of amides is 3. The zero-order chi connectivity index (χ0) is 20.5. The second-order valence-corrected chi connectivity index (χ2v) is 8.12. The Morgan fingerprint density at radius 2 is 1.79 bits per heavy atom. The standard InChI is InChI=1S/C18H23N3O6S/c1-18-6-5-14(22)21(18)11(9-28-18)17(24)20-19-16(23)10-7-12(25-2)15(27-4)13(8-10)26-3/h7-8,11H,5-6,9H2,1-4H3,(H,19,23)(H,20,24)/t11-,18+/m1/s1. The number of ether oxygens (including phenoxy) is 3. The van der Waals surface area contributed by atoms with Crippen LogP contribution in [0.3, 0.4) is 0 Å². The molecule has 0 saturated carbocycles. The van der Waals surface area contributed by atoms with Crippen molar-refractivity contribution >= 4 is 29.5 Å². The van der Waals surface area contributed by atoms with E-state index in [0.717, 1.165) is 6.42 Å². The van der Waals surface area contributed by atoms with E-state index in [4.69, 9.17) is 14.2 Å². The fourth-order valence-electron chi connectivity index (χ4n) is 3.50. The van der Waals surface area contributed by atoms with E-state index in [1.54, 1.807) is 16.7 Å². The summed E-state index contributed by atoms with van der Waals surface area (Å²) < 4.78 is 15.7. The zero-order valence-corrected chi connectivity index (χ0v) is 17.0. The topological polar surface area (TPSA) is 106 Å². The van der Waals surface area contributed by atoms with Crippen molar-refractivity contribution in [3.63, 3.8) is 0 Å². The molecule has 0 radical (unpaired) electrons. The summed E-state index contributed by atoms with van der Waals surface area (Å²) in [4.78, 5) is 38.5. The van der Waals surface area contributed by atoms with Crippen LogP contribution in [0, 0.1) is 0 Å². The molecule has 10 heteroatoms. The van der Waals surface area contributed by atoms with Gasteiger partial charge >= 0.3 is 0 Å². The number of nitrogens with one attached hydrogen (secondary N) is 2. The number of carbonyl (C=O) groups excluding carboxylic acids is 3. The molecule has 0 bridgehead atoms. The van der Waals surface area contributed by atoms with Gasteiger partial charge in [0.2, 0.25) is 11.7 Å². The fourth-order valence-corrected chi connectivity index (χ4v) is 4.93. The van der Waals surface area contributed by atoms with Gasteiger partial charge in [0.25, 0.3) is 11.8 Å². The molecular formula is C18H23N3O6S. The predicted octanol–water partition coefficient (Wildman–Crippen LogP) is 0.927. The molecule has 0 aliphatic carbocycles. The van der Waals surface area contributed by atoms with Gasteiger partial charge in [-0.2, -0.15) is 0 Å². The molecule has 2 aliphatic heterocycles. The Morgan fingerprint density at radius 1 is 1.14 bits per heavy atom. The van der Waals surface area contributed by atoms with Crippen molar-refractivity contribution < 1.29 is 28.6 Å². The average Bonchev–Trinajstić information content (AvgIpc) is 3.20. The number of hydrazine groups is 1. The molecule has 0 unspecified atom stereocenters. The summed E-state index contributed by atoms with van der Waals surface area (Å²) >= 11 is 1.58. The molecule has 2 fully saturated rings. The van der Waals surface area contributed by atoms with Crippen molar-refractivity contribution in [1.29, 1.82) is 0 Å². The van der Waals surface area contributed by atoms with E-state index >= 15 is 0 Å². The van der Waals surface area contributed by atoms with Crippen LogP contribution in [0.25, 0.3) is 0 Å². The quantitative estimate of drug-likeness (QED) is 0.697. The Morgan fingerprint density at radius 3 is 2.36 bits per heavy atom. The Balaban J connectivity index is 1.69. The van der Waals surface area contributed by atoms with Crippen LogP contribution >= 0.6 is 11.8 Å². The lowest BCUT2D eigenvalue weighted by Gasteiger charge is -2.29. The monoisotopic (exact) mass is 409 g/mol. The van der Waals surface area contributed by atoms with Crippen molar-refractivity contribution in [3.05, 3.63) is 17.7 Å². The highest BCUT2D eigenvalue weighted by atomic mass is 32.2. The number of hydrogen-bond donors (Lipinski definition) is 2. The van der Waals surface area contributed by atoms with Gasteiger partial charge in [-0.3, -0.25) is 25.2 Å². The number of fused-ring (bicyclic) bond motifs is 1. The summed E-state index contributed by atoms with van der Waals surface area (Å²) in [7, 11) is 4.36. The summed E-state index contributed by atoms with van der Waals surface area (Å²) in [6.07, 6.45) is 1.16. The molecule has 2 atom stereocenters. The van der Waals surface area contributed by atoms with Crippen LogP contribution < -0.4 is 25.1 Å². The van der Waals surface area contributed by atoms with Gasteiger partial charge in [0, 0.05) is 17.7 Å². The maximum atomic E-state index is 12.6. The Bertz CT molecular complexity index is 792. The molecule has 0 spiro atoms. The zero-order valence-electron chi connectivity index (χ0n) is 16.2. The van der Waals surface area contributed by atoms with Crippen LogP contribution in [0.15, 0.2) is 12.1 Å². The Kier molecular flexibility index (Phi) is 5.59. The first-order chi connectivity index (χ1) is 13.3. The van der Waals surface area contributed by atoms with Gasteiger partial charge in [0.05, 0.1) is 26.2 Å². The lowest BCUT2D eigenvalue weighted by atomic mass is 10.1. The molecule has 2 heterocycles. The average molecular weight is 409 g/mol. The first-order valence-electron chi connectivity index (χ1n) is 8.71. The largest absolute Gasteiger partial charge is 0.493 e. The molecule has 152 valence electrons. The second-order valence-electron chi connectivity index (χ2n) is 6.62. The minimum Gasteiger partial charge on any atom is -0.493 e. The van der Waals surface area contributed by atoms with Crippen LogP contribution in [0.1, 0.15) is 30.1 Å². The number of carbonyl (C=O) groups is 3. The molecule has 9 nitrogen and oxygen atoms in total. The molecule has 2 aliphatic rings. The van der Waals surface area contributed by atoms with Crippen molar-refractivity contribution in [2.24, 2.45) is 0 Å². The third-order valence-electron chi connectivity index (χ3n) is 4.97. The van der Waals surface area contributed by atoms with Crippen LogP contribution in [0.2, 0.25) is 0 Å². The van der Waals surface area contributed by atoms with Crippen molar-refractivity contribution in [3.8, 4) is 17.2 Å². The van der Waals surface area contributed by atoms with E-state index in [1.165, 1.54) is 33.5 Å². The van der Waals surface area contributed by atoms with Crippen LogP contribution in [0.5, 0.6) is 17.2 Å². The molecule has 28 heavy (non-hydrogen) atoms. The van der Waals surface area contributed by atoms with Gasteiger partial charge in [-0.15, -0.1) is 11.8 Å². The number of rotatable bonds is 5. The molecular weight excluding hydrogens is 386 g/mol. The third-order valence-corrected chi connectivity index (χ3v) is 6.48. The second kappa shape index (κ2) is 7.78.